The summed E-state index contributed by atoms with van der Waals surface area (Å²) in [5.74, 6) is 0.711. The van der Waals surface area contributed by atoms with E-state index in [4.69, 9.17) is 4.74 Å². The van der Waals surface area contributed by atoms with Gasteiger partial charge in [-0.05, 0) is 70.2 Å². The Bertz CT molecular complexity index is 455. The summed E-state index contributed by atoms with van der Waals surface area (Å²) in [4.78, 5) is 0. The van der Waals surface area contributed by atoms with Crippen LogP contribution >= 0.6 is 0 Å². The second kappa shape index (κ2) is 7.79. The van der Waals surface area contributed by atoms with Gasteiger partial charge in [-0.1, -0.05) is 13.3 Å². The van der Waals surface area contributed by atoms with Crippen LogP contribution in [0, 0.1) is 12.7 Å². The standard InChI is InChI=1S/C18H28FNO/c1-4-10-20-14(3)16-12-17(19)13(2)11-18(16)21-15-8-6-5-7-9-15/h11-12,14-15,20H,4-10H2,1-3H3. The van der Waals surface area contributed by atoms with Crippen LogP contribution in [0.5, 0.6) is 5.75 Å². The van der Waals surface area contributed by atoms with Gasteiger partial charge in [0.1, 0.15) is 11.6 Å². The van der Waals surface area contributed by atoms with Gasteiger partial charge in [0.15, 0.2) is 0 Å². The zero-order chi connectivity index (χ0) is 15.2. The molecule has 1 unspecified atom stereocenters. The predicted molar refractivity (Wildman–Crippen MR) is 85.3 cm³/mol. The topological polar surface area (TPSA) is 21.3 Å². The lowest BCUT2D eigenvalue weighted by Gasteiger charge is -2.26. The smallest absolute Gasteiger partial charge is 0.126 e. The minimum Gasteiger partial charge on any atom is -0.490 e. The van der Waals surface area contributed by atoms with E-state index in [-0.39, 0.29) is 11.9 Å². The molecule has 1 aromatic rings. The van der Waals surface area contributed by atoms with Gasteiger partial charge in [0, 0.05) is 11.6 Å². The lowest BCUT2D eigenvalue weighted by Crippen LogP contribution is -2.23. The molecule has 0 aromatic heterocycles. The number of hydrogen-bond acceptors (Lipinski definition) is 2. The van der Waals surface area contributed by atoms with E-state index in [1.807, 2.05) is 6.07 Å². The SMILES string of the molecule is CCCNC(C)c1cc(F)c(C)cc1OC1CCCCC1. The highest BCUT2D eigenvalue weighted by Crippen LogP contribution is 2.31. The molecule has 1 fully saturated rings. The van der Waals surface area contributed by atoms with E-state index in [2.05, 4.69) is 19.2 Å². The Morgan fingerprint density at radius 3 is 2.67 bits per heavy atom. The van der Waals surface area contributed by atoms with Crippen molar-refractivity contribution in [2.75, 3.05) is 6.54 Å². The Morgan fingerprint density at radius 2 is 2.00 bits per heavy atom. The van der Waals surface area contributed by atoms with Gasteiger partial charge in [-0.15, -0.1) is 0 Å². The van der Waals surface area contributed by atoms with Gasteiger partial charge >= 0.3 is 0 Å². The number of halogens is 1. The van der Waals surface area contributed by atoms with Crippen LogP contribution in [-0.4, -0.2) is 12.6 Å². The van der Waals surface area contributed by atoms with Crippen LogP contribution in [0.15, 0.2) is 12.1 Å². The molecule has 0 heterocycles. The molecule has 2 nitrogen and oxygen atoms in total. The quantitative estimate of drug-likeness (QED) is 0.805. The van der Waals surface area contributed by atoms with Gasteiger partial charge in [0.2, 0.25) is 0 Å². The number of benzene rings is 1. The Kier molecular flexibility index (Phi) is 6.04. The monoisotopic (exact) mass is 293 g/mol. The van der Waals surface area contributed by atoms with Crippen LogP contribution in [0.3, 0.4) is 0 Å². The molecule has 21 heavy (non-hydrogen) atoms. The molecule has 1 atom stereocenters. The molecule has 0 spiro atoms. The summed E-state index contributed by atoms with van der Waals surface area (Å²) in [6.07, 6.45) is 7.38. The van der Waals surface area contributed by atoms with Crippen molar-refractivity contribution in [1.29, 1.82) is 0 Å². The maximum Gasteiger partial charge on any atom is 0.126 e. The third-order valence-corrected chi connectivity index (χ3v) is 4.30. The number of ether oxygens (including phenoxy) is 1. The van der Waals surface area contributed by atoms with Crippen molar-refractivity contribution in [3.05, 3.63) is 29.1 Å². The second-order valence-corrected chi connectivity index (χ2v) is 6.19. The van der Waals surface area contributed by atoms with Crippen molar-refractivity contribution in [2.45, 2.75) is 71.4 Å². The largest absolute Gasteiger partial charge is 0.490 e. The highest BCUT2D eigenvalue weighted by molar-refractivity contribution is 5.40. The zero-order valence-corrected chi connectivity index (χ0v) is 13.5. The van der Waals surface area contributed by atoms with Crippen LogP contribution in [0.4, 0.5) is 4.39 Å². The molecule has 0 aliphatic heterocycles. The lowest BCUT2D eigenvalue weighted by atomic mass is 9.97. The van der Waals surface area contributed by atoms with Crippen LogP contribution in [0.1, 0.15) is 69.5 Å². The fraction of sp³-hybridized carbons (Fsp3) is 0.667. The normalized spacial score (nSPS) is 17.7. The second-order valence-electron chi connectivity index (χ2n) is 6.19. The molecule has 3 heteroatoms. The number of rotatable bonds is 6. The van der Waals surface area contributed by atoms with Crippen LogP contribution in [0.2, 0.25) is 0 Å². The molecule has 0 radical (unpaired) electrons. The summed E-state index contributed by atoms with van der Waals surface area (Å²) in [7, 11) is 0. The molecule has 2 rings (SSSR count). The molecule has 1 saturated carbocycles. The predicted octanol–water partition coefficient (Wildman–Crippen LogP) is 4.91. The summed E-state index contributed by atoms with van der Waals surface area (Å²) in [6.45, 7) is 6.94. The van der Waals surface area contributed by atoms with E-state index in [0.717, 1.165) is 37.1 Å². The fourth-order valence-corrected chi connectivity index (χ4v) is 2.94. The van der Waals surface area contributed by atoms with Crippen LogP contribution < -0.4 is 10.1 Å². The van der Waals surface area contributed by atoms with E-state index in [1.165, 1.54) is 19.3 Å². The highest BCUT2D eigenvalue weighted by atomic mass is 19.1. The first-order valence-electron chi connectivity index (χ1n) is 8.32. The number of aryl methyl sites for hydroxylation is 1. The highest BCUT2D eigenvalue weighted by Gasteiger charge is 2.19. The summed E-state index contributed by atoms with van der Waals surface area (Å²) in [6, 6.07) is 3.61. The molecule has 0 bridgehead atoms. The van der Waals surface area contributed by atoms with Crippen molar-refractivity contribution < 1.29 is 9.13 Å². The molecule has 118 valence electrons. The van der Waals surface area contributed by atoms with Gasteiger partial charge in [-0.3, -0.25) is 0 Å². The van der Waals surface area contributed by atoms with Gasteiger partial charge < -0.3 is 10.1 Å². The summed E-state index contributed by atoms with van der Waals surface area (Å²) >= 11 is 0. The molecular weight excluding hydrogens is 265 g/mol. The minimum atomic E-state index is -0.147. The average molecular weight is 293 g/mol. The third-order valence-electron chi connectivity index (χ3n) is 4.30. The Labute approximate surface area is 128 Å². The van der Waals surface area contributed by atoms with Gasteiger partial charge in [0.05, 0.1) is 6.10 Å². The van der Waals surface area contributed by atoms with Crippen molar-refractivity contribution in [3.8, 4) is 5.75 Å². The van der Waals surface area contributed by atoms with Gasteiger partial charge in [-0.25, -0.2) is 4.39 Å². The zero-order valence-electron chi connectivity index (χ0n) is 13.5. The summed E-state index contributed by atoms with van der Waals surface area (Å²) in [5.41, 5.74) is 1.60. The van der Waals surface area contributed by atoms with Gasteiger partial charge in [-0.2, -0.15) is 0 Å². The first-order valence-corrected chi connectivity index (χ1v) is 8.32. The third kappa shape index (κ3) is 4.44. The maximum atomic E-state index is 13.9. The maximum absolute atomic E-state index is 13.9. The Morgan fingerprint density at radius 1 is 1.29 bits per heavy atom. The van der Waals surface area contributed by atoms with E-state index in [0.29, 0.717) is 11.7 Å². The number of hydrogen-bond donors (Lipinski definition) is 1. The van der Waals surface area contributed by atoms with Crippen molar-refractivity contribution in [3.63, 3.8) is 0 Å². The van der Waals surface area contributed by atoms with E-state index in [9.17, 15) is 4.39 Å². The fourth-order valence-electron chi connectivity index (χ4n) is 2.94. The molecule has 0 saturated heterocycles. The molecule has 1 aliphatic carbocycles. The Balaban J connectivity index is 2.18. The molecular formula is C18H28FNO. The molecule has 1 aliphatic rings. The van der Waals surface area contributed by atoms with Crippen molar-refractivity contribution >= 4 is 0 Å². The van der Waals surface area contributed by atoms with Crippen LogP contribution in [0.25, 0.3) is 0 Å². The molecule has 1 N–H and O–H groups in total. The summed E-state index contributed by atoms with van der Waals surface area (Å²) in [5, 5.41) is 3.43. The summed E-state index contributed by atoms with van der Waals surface area (Å²) < 4.78 is 20.2. The molecule has 0 amide bonds. The van der Waals surface area contributed by atoms with E-state index in [1.54, 1.807) is 13.0 Å². The molecule has 1 aromatic carbocycles. The van der Waals surface area contributed by atoms with Gasteiger partial charge in [0.25, 0.3) is 0 Å². The first-order chi connectivity index (χ1) is 10.1. The lowest BCUT2D eigenvalue weighted by molar-refractivity contribution is 0.152. The minimum absolute atomic E-state index is 0.110. The first kappa shape index (κ1) is 16.3. The van der Waals surface area contributed by atoms with Crippen molar-refractivity contribution in [1.82, 2.24) is 5.32 Å². The average Bonchev–Trinajstić information content (AvgIpc) is 2.49. The number of nitrogens with one attached hydrogen (secondary N) is 1. The Hall–Kier alpha value is -1.09. The van der Waals surface area contributed by atoms with E-state index >= 15 is 0 Å². The van der Waals surface area contributed by atoms with E-state index < -0.39 is 0 Å². The van der Waals surface area contributed by atoms with Crippen molar-refractivity contribution in [2.24, 2.45) is 0 Å². The van der Waals surface area contributed by atoms with Crippen LogP contribution in [-0.2, 0) is 0 Å².